The Hall–Kier alpha value is -3.47. The van der Waals surface area contributed by atoms with Crippen molar-refractivity contribution in [3.05, 3.63) is 71.7 Å². The molecule has 4 rings (SSSR count). The molecule has 10 heteroatoms. The van der Waals surface area contributed by atoms with Crippen LogP contribution in [-0.2, 0) is 11.2 Å². The zero-order valence-corrected chi connectivity index (χ0v) is 21.3. The van der Waals surface area contributed by atoms with E-state index in [-0.39, 0.29) is 17.5 Å². The fourth-order valence-corrected chi connectivity index (χ4v) is 4.39. The Morgan fingerprint density at radius 1 is 1.08 bits per heavy atom. The van der Waals surface area contributed by atoms with E-state index >= 15 is 0 Å². The highest BCUT2D eigenvalue weighted by Crippen LogP contribution is 2.28. The molecule has 1 fully saturated rings. The predicted octanol–water partition coefficient (Wildman–Crippen LogP) is 3.84. The lowest BCUT2D eigenvalue weighted by Crippen LogP contribution is -2.36. The number of hydrogen-bond donors (Lipinski definition) is 3. The van der Waals surface area contributed by atoms with Gasteiger partial charge >= 0.3 is 0 Å². The van der Waals surface area contributed by atoms with Crippen molar-refractivity contribution in [3.63, 3.8) is 0 Å². The molecule has 2 aromatic heterocycles. The van der Waals surface area contributed by atoms with Crippen LogP contribution in [0.25, 0.3) is 0 Å². The van der Waals surface area contributed by atoms with E-state index in [1.807, 2.05) is 13.0 Å². The molecule has 1 aliphatic rings. The minimum Gasteiger partial charge on any atom is -0.489 e. The van der Waals surface area contributed by atoms with Crippen LogP contribution in [0.1, 0.15) is 39.3 Å². The molecule has 0 radical (unpaired) electrons. The molecule has 1 saturated heterocycles. The summed E-state index contributed by atoms with van der Waals surface area (Å²) in [4.78, 5) is 37.5. The molecule has 3 N–H and O–H groups in total. The number of carbonyl (C=O) groups is 2. The molecular formula is C26H30N5O4S+. The SMILES string of the molecule is Cc1ccc(NC(=O)c2ncccc2NC(=O)c2ccc([S+](C)O)cc2OC2CCN(C)CC2)nc1. The molecule has 36 heavy (non-hydrogen) atoms. The number of anilines is 2. The van der Waals surface area contributed by atoms with Crippen LogP contribution in [0, 0.1) is 6.92 Å². The number of aromatic nitrogens is 2. The van der Waals surface area contributed by atoms with E-state index < -0.39 is 23.0 Å². The number of rotatable bonds is 7. The Labute approximate surface area is 213 Å². The van der Waals surface area contributed by atoms with Crippen LogP contribution >= 0.6 is 0 Å². The summed E-state index contributed by atoms with van der Waals surface area (Å²) in [6.45, 7) is 3.73. The fourth-order valence-electron chi connectivity index (χ4n) is 3.85. The van der Waals surface area contributed by atoms with Gasteiger partial charge in [-0.05, 0) is 62.7 Å². The van der Waals surface area contributed by atoms with E-state index in [4.69, 9.17) is 4.74 Å². The molecule has 0 aliphatic carbocycles. The van der Waals surface area contributed by atoms with Gasteiger partial charge in [-0.15, -0.1) is 0 Å². The van der Waals surface area contributed by atoms with Gasteiger partial charge in [-0.25, -0.2) is 9.97 Å². The highest BCUT2D eigenvalue weighted by atomic mass is 32.2. The quantitative estimate of drug-likeness (QED) is 0.415. The van der Waals surface area contributed by atoms with Gasteiger partial charge in [0, 0.05) is 31.5 Å². The van der Waals surface area contributed by atoms with Gasteiger partial charge in [0.1, 0.15) is 23.9 Å². The maximum absolute atomic E-state index is 13.3. The smallest absolute Gasteiger partial charge is 0.277 e. The standard InChI is InChI=1S/C26H29N5O4S/c1-17-6-9-23(28-16-17)30-26(33)24-21(5-4-12-27-24)29-25(32)20-8-7-19(36(3)34)15-22(20)35-18-10-13-31(2)14-11-18/h4-9,12,15-16,18,34H,10-11,13-14H2,1-3H3,(H-,28,29,30,32,33)/p+1. The van der Waals surface area contributed by atoms with E-state index in [0.717, 1.165) is 31.5 Å². The molecule has 1 aromatic carbocycles. The van der Waals surface area contributed by atoms with Gasteiger partial charge in [0.05, 0.1) is 11.3 Å². The Bertz CT molecular complexity index is 1230. The Balaban J connectivity index is 1.55. The molecule has 2 amide bonds. The Kier molecular flexibility index (Phi) is 8.19. The van der Waals surface area contributed by atoms with Crippen LogP contribution in [-0.4, -0.2) is 63.7 Å². The summed E-state index contributed by atoms with van der Waals surface area (Å²) in [5, 5.41) is 5.51. The summed E-state index contributed by atoms with van der Waals surface area (Å²) in [7, 11) is 2.07. The third kappa shape index (κ3) is 6.39. The molecule has 3 aromatic rings. The lowest BCUT2D eigenvalue weighted by atomic mass is 10.1. The number of likely N-dealkylation sites (tertiary alicyclic amines) is 1. The second-order valence-corrected chi connectivity index (χ2v) is 10.2. The van der Waals surface area contributed by atoms with E-state index in [2.05, 4.69) is 32.5 Å². The van der Waals surface area contributed by atoms with E-state index in [1.54, 1.807) is 48.9 Å². The number of ether oxygens (including phenoxy) is 1. The molecule has 0 spiro atoms. The molecule has 3 heterocycles. The van der Waals surface area contributed by atoms with Crippen LogP contribution in [0.3, 0.4) is 0 Å². The molecule has 188 valence electrons. The first kappa shape index (κ1) is 25.6. The predicted molar refractivity (Wildman–Crippen MR) is 141 cm³/mol. The number of benzene rings is 1. The number of aryl methyl sites for hydroxylation is 1. The largest absolute Gasteiger partial charge is 0.489 e. The number of nitrogens with one attached hydrogen (secondary N) is 2. The van der Waals surface area contributed by atoms with Crippen molar-refractivity contribution in [1.82, 2.24) is 14.9 Å². The minimum atomic E-state index is -0.981. The molecule has 9 nitrogen and oxygen atoms in total. The van der Waals surface area contributed by atoms with Crippen LogP contribution in [0.4, 0.5) is 11.5 Å². The summed E-state index contributed by atoms with van der Waals surface area (Å²) >= 11 is -0.981. The van der Waals surface area contributed by atoms with E-state index in [9.17, 15) is 14.1 Å². The number of hydrogen-bond acceptors (Lipinski definition) is 7. The van der Waals surface area contributed by atoms with Crippen LogP contribution in [0.15, 0.2) is 59.8 Å². The second-order valence-electron chi connectivity index (χ2n) is 8.79. The normalized spacial score (nSPS) is 15.2. The number of carbonyl (C=O) groups excluding carboxylic acids is 2. The first-order valence-electron chi connectivity index (χ1n) is 11.6. The van der Waals surface area contributed by atoms with Gasteiger partial charge in [0.25, 0.3) is 11.8 Å². The van der Waals surface area contributed by atoms with Crippen molar-refractivity contribution in [2.75, 3.05) is 37.0 Å². The summed E-state index contributed by atoms with van der Waals surface area (Å²) in [5.41, 5.74) is 1.62. The number of piperidine rings is 1. The molecule has 1 atom stereocenters. The lowest BCUT2D eigenvalue weighted by molar-refractivity contribution is 0.0988. The summed E-state index contributed by atoms with van der Waals surface area (Å²) in [6.07, 6.45) is 6.50. The molecule has 0 saturated carbocycles. The molecular weight excluding hydrogens is 478 g/mol. The third-order valence-electron chi connectivity index (χ3n) is 5.92. The van der Waals surface area contributed by atoms with Crippen LogP contribution in [0.5, 0.6) is 5.75 Å². The maximum atomic E-state index is 13.3. The van der Waals surface area contributed by atoms with Crippen molar-refractivity contribution in [2.24, 2.45) is 0 Å². The first-order chi connectivity index (χ1) is 17.3. The molecule has 1 unspecified atom stereocenters. The second kappa shape index (κ2) is 11.5. The van der Waals surface area contributed by atoms with Crippen molar-refractivity contribution < 1.29 is 18.9 Å². The van der Waals surface area contributed by atoms with Gasteiger partial charge in [0.2, 0.25) is 0 Å². The zero-order chi connectivity index (χ0) is 25.7. The van der Waals surface area contributed by atoms with E-state index in [0.29, 0.717) is 22.0 Å². The maximum Gasteiger partial charge on any atom is 0.277 e. The van der Waals surface area contributed by atoms with Crippen LogP contribution < -0.4 is 15.4 Å². The van der Waals surface area contributed by atoms with Gasteiger partial charge in [-0.3, -0.25) is 9.59 Å². The number of nitrogens with zero attached hydrogens (tertiary/aromatic N) is 3. The summed E-state index contributed by atoms with van der Waals surface area (Å²) in [5.74, 6) is -0.131. The Morgan fingerprint density at radius 3 is 2.56 bits per heavy atom. The van der Waals surface area contributed by atoms with Crippen molar-refractivity contribution >= 4 is 34.5 Å². The lowest BCUT2D eigenvalue weighted by Gasteiger charge is -2.29. The average molecular weight is 509 g/mol. The highest BCUT2D eigenvalue weighted by Gasteiger charge is 2.25. The van der Waals surface area contributed by atoms with E-state index in [1.165, 1.54) is 6.20 Å². The average Bonchev–Trinajstić information content (AvgIpc) is 2.87. The van der Waals surface area contributed by atoms with Gasteiger partial charge in [-0.1, -0.05) is 6.07 Å². The Morgan fingerprint density at radius 2 is 1.86 bits per heavy atom. The van der Waals surface area contributed by atoms with Gasteiger partial charge in [-0.2, -0.15) is 4.55 Å². The van der Waals surface area contributed by atoms with Crippen molar-refractivity contribution in [3.8, 4) is 5.75 Å². The topological polar surface area (TPSA) is 117 Å². The van der Waals surface area contributed by atoms with Gasteiger partial charge in [0.15, 0.2) is 21.8 Å². The fraction of sp³-hybridized carbons (Fsp3) is 0.308. The summed E-state index contributed by atoms with van der Waals surface area (Å²) in [6, 6.07) is 11.9. The van der Waals surface area contributed by atoms with Crippen molar-refractivity contribution in [2.45, 2.75) is 30.8 Å². The minimum absolute atomic E-state index is 0.0259. The van der Waals surface area contributed by atoms with Crippen LogP contribution in [0.2, 0.25) is 0 Å². The molecule has 1 aliphatic heterocycles. The number of pyridine rings is 2. The third-order valence-corrected chi connectivity index (χ3v) is 6.86. The van der Waals surface area contributed by atoms with Gasteiger partial charge < -0.3 is 20.3 Å². The monoisotopic (exact) mass is 508 g/mol. The first-order valence-corrected chi connectivity index (χ1v) is 13.2. The zero-order valence-electron chi connectivity index (χ0n) is 20.5. The van der Waals surface area contributed by atoms with Crippen molar-refractivity contribution in [1.29, 1.82) is 0 Å². The summed E-state index contributed by atoms with van der Waals surface area (Å²) < 4.78 is 16.3. The molecule has 0 bridgehead atoms. The number of amides is 2. The highest BCUT2D eigenvalue weighted by molar-refractivity contribution is 7.90.